The van der Waals surface area contributed by atoms with Crippen molar-refractivity contribution >= 4 is 11.9 Å². The summed E-state index contributed by atoms with van der Waals surface area (Å²) >= 11 is 0. The summed E-state index contributed by atoms with van der Waals surface area (Å²) in [7, 11) is 0. The second kappa shape index (κ2) is 10.6. The molecule has 4 aromatic rings. The first-order valence-electron chi connectivity index (χ1n) is 11.1. The molecule has 0 aliphatic heterocycles. The Morgan fingerprint density at radius 3 is 2.51 bits per heavy atom. The van der Waals surface area contributed by atoms with Crippen LogP contribution in [0, 0.1) is 12.7 Å². The summed E-state index contributed by atoms with van der Waals surface area (Å²) in [6.07, 6.45) is -2.40. The number of carboxylic acids is 1. The molecule has 0 bridgehead atoms. The van der Waals surface area contributed by atoms with Crippen molar-refractivity contribution in [1.29, 1.82) is 0 Å². The number of anilines is 1. The van der Waals surface area contributed by atoms with Crippen LogP contribution in [0.1, 0.15) is 36.1 Å². The number of aliphatic carboxylic acids is 1. The normalized spacial score (nSPS) is 11.2. The minimum atomic E-state index is -2.83. The lowest BCUT2D eigenvalue weighted by atomic mass is 9.99. The quantitative estimate of drug-likeness (QED) is 0.340. The van der Waals surface area contributed by atoms with Crippen molar-refractivity contribution in [3.63, 3.8) is 0 Å². The van der Waals surface area contributed by atoms with E-state index in [9.17, 15) is 18.0 Å². The third kappa shape index (κ3) is 5.66. The summed E-state index contributed by atoms with van der Waals surface area (Å²) in [6.45, 7) is 2.84. The third-order valence-electron chi connectivity index (χ3n) is 5.38. The first-order valence-corrected chi connectivity index (χ1v) is 11.1. The highest BCUT2D eigenvalue weighted by Gasteiger charge is 2.23. The molecule has 1 aromatic carbocycles. The molecule has 0 aliphatic rings. The van der Waals surface area contributed by atoms with Crippen molar-refractivity contribution in [3.8, 4) is 28.3 Å². The molecule has 37 heavy (non-hydrogen) atoms. The smallest absolute Gasteiger partial charge is 0.325 e. The van der Waals surface area contributed by atoms with Crippen LogP contribution in [0.25, 0.3) is 22.4 Å². The number of hydrogen-bond donors (Lipinski definition) is 2. The Morgan fingerprint density at radius 2 is 1.86 bits per heavy atom. The number of pyridine rings is 1. The topological polar surface area (TPSA) is 142 Å². The van der Waals surface area contributed by atoms with Crippen LogP contribution in [0.2, 0.25) is 0 Å². The van der Waals surface area contributed by atoms with E-state index in [0.717, 1.165) is 0 Å². The number of nitrogen functional groups attached to an aromatic ring is 1. The number of carbonyl (C=O) groups is 1. The zero-order valence-corrected chi connectivity index (χ0v) is 19.8. The first kappa shape index (κ1) is 25.5. The number of benzene rings is 1. The van der Waals surface area contributed by atoms with Crippen LogP contribution >= 0.6 is 0 Å². The van der Waals surface area contributed by atoms with E-state index in [0.29, 0.717) is 34.6 Å². The van der Waals surface area contributed by atoms with Crippen LogP contribution in [0.4, 0.5) is 19.1 Å². The van der Waals surface area contributed by atoms with E-state index in [2.05, 4.69) is 25.3 Å². The van der Waals surface area contributed by atoms with Crippen LogP contribution in [-0.2, 0) is 24.4 Å². The molecule has 0 fully saturated rings. The Hall–Kier alpha value is -4.55. The monoisotopic (exact) mass is 513 g/mol. The lowest BCUT2D eigenvalue weighted by molar-refractivity contribution is -0.138. The summed E-state index contributed by atoms with van der Waals surface area (Å²) in [5, 5.41) is 17.0. The maximum atomic E-state index is 13.6. The third-order valence-corrected chi connectivity index (χ3v) is 5.38. The molecule has 0 radical (unpaired) electrons. The van der Waals surface area contributed by atoms with E-state index in [1.807, 2.05) is 6.92 Å². The number of halogens is 3. The maximum absolute atomic E-state index is 13.6. The van der Waals surface area contributed by atoms with Gasteiger partial charge in [0.25, 0.3) is 6.43 Å². The van der Waals surface area contributed by atoms with Crippen molar-refractivity contribution < 1.29 is 27.8 Å². The summed E-state index contributed by atoms with van der Waals surface area (Å²) in [4.78, 5) is 23.5. The first-order chi connectivity index (χ1) is 17.7. The van der Waals surface area contributed by atoms with Gasteiger partial charge in [-0.2, -0.15) is 4.98 Å². The second-order valence-electron chi connectivity index (χ2n) is 8.02. The highest BCUT2D eigenvalue weighted by molar-refractivity contribution is 5.85. The van der Waals surface area contributed by atoms with Gasteiger partial charge in [0.1, 0.15) is 30.4 Å². The van der Waals surface area contributed by atoms with Gasteiger partial charge in [0.2, 0.25) is 11.8 Å². The van der Waals surface area contributed by atoms with E-state index in [1.165, 1.54) is 35.0 Å². The van der Waals surface area contributed by atoms with Crippen molar-refractivity contribution in [1.82, 2.24) is 29.9 Å². The Morgan fingerprint density at radius 1 is 1.14 bits per heavy atom. The van der Waals surface area contributed by atoms with Crippen molar-refractivity contribution in [3.05, 3.63) is 65.0 Å². The molecule has 0 atom stereocenters. The van der Waals surface area contributed by atoms with Gasteiger partial charge in [0, 0.05) is 11.3 Å². The molecule has 0 spiro atoms. The van der Waals surface area contributed by atoms with Gasteiger partial charge in [0.05, 0.1) is 17.0 Å². The van der Waals surface area contributed by atoms with Crippen LogP contribution in [-0.4, -0.2) is 41.0 Å². The predicted octanol–water partition coefficient (Wildman–Crippen LogP) is 3.99. The van der Waals surface area contributed by atoms with Gasteiger partial charge in [-0.1, -0.05) is 12.1 Å². The van der Waals surface area contributed by atoms with E-state index in [1.54, 1.807) is 13.0 Å². The fourth-order valence-corrected chi connectivity index (χ4v) is 3.85. The lowest BCUT2D eigenvalue weighted by Crippen LogP contribution is -2.13. The number of nitrogens with two attached hydrogens (primary N) is 1. The Kier molecular flexibility index (Phi) is 7.32. The number of aromatic nitrogens is 6. The number of aryl methyl sites for hydroxylation is 1. The Balaban J connectivity index is 1.85. The van der Waals surface area contributed by atoms with Gasteiger partial charge >= 0.3 is 5.97 Å². The Labute approximate surface area is 209 Å². The molecule has 192 valence electrons. The van der Waals surface area contributed by atoms with E-state index in [-0.39, 0.29) is 36.2 Å². The zero-order chi connectivity index (χ0) is 26.7. The molecule has 0 unspecified atom stereocenters. The van der Waals surface area contributed by atoms with Crippen molar-refractivity contribution in [2.24, 2.45) is 0 Å². The summed E-state index contributed by atoms with van der Waals surface area (Å²) in [6, 6.07) is 8.18. The largest absolute Gasteiger partial charge is 0.480 e. The second-order valence-corrected chi connectivity index (χ2v) is 8.02. The van der Waals surface area contributed by atoms with Crippen LogP contribution in [0.5, 0.6) is 5.88 Å². The summed E-state index contributed by atoms with van der Waals surface area (Å²) < 4.78 is 48.0. The number of carboxylic acid groups (broad SMARTS) is 1. The predicted molar refractivity (Wildman–Crippen MR) is 126 cm³/mol. The molecule has 13 heteroatoms. The standard InChI is InChI=1S/C24H22F3N7O3/c1-3-18-17(32-33-34(18)10-19(35)36)11-37-23-20(14-8-12(2)29-16(9-14)22(26)27)21(30-24(28)31-23)13-4-6-15(25)7-5-13/h4-9,22H,3,10-11H2,1-2H3,(H,35,36)(H2,28,30,31). The SMILES string of the molecule is CCc1c(COc2nc(N)nc(-c3ccc(F)cc3)c2-c2cc(C)nc(C(F)F)c2)nnn1CC(=O)O. The van der Waals surface area contributed by atoms with Gasteiger partial charge in [0.15, 0.2) is 0 Å². The molecule has 3 heterocycles. The van der Waals surface area contributed by atoms with Crippen LogP contribution < -0.4 is 10.5 Å². The van der Waals surface area contributed by atoms with Crippen molar-refractivity contribution in [2.45, 2.75) is 39.8 Å². The molecule has 3 N–H and O–H groups in total. The molecule has 0 amide bonds. The lowest BCUT2D eigenvalue weighted by Gasteiger charge is -2.16. The van der Waals surface area contributed by atoms with Crippen molar-refractivity contribution in [2.75, 3.05) is 5.73 Å². The maximum Gasteiger partial charge on any atom is 0.325 e. The number of alkyl halides is 2. The highest BCUT2D eigenvalue weighted by Crippen LogP contribution is 2.39. The van der Waals surface area contributed by atoms with E-state index in [4.69, 9.17) is 15.6 Å². The zero-order valence-electron chi connectivity index (χ0n) is 19.8. The fourth-order valence-electron chi connectivity index (χ4n) is 3.85. The number of nitrogens with zero attached hydrogens (tertiary/aromatic N) is 6. The Bertz CT molecular complexity index is 1440. The molecule has 3 aromatic heterocycles. The molecule has 4 rings (SSSR count). The van der Waals surface area contributed by atoms with Gasteiger partial charge in [-0.05, 0) is 55.3 Å². The van der Waals surface area contributed by atoms with Gasteiger partial charge < -0.3 is 15.6 Å². The summed E-state index contributed by atoms with van der Waals surface area (Å²) in [5.41, 5.74) is 7.97. The van der Waals surface area contributed by atoms with Gasteiger partial charge in [-0.3, -0.25) is 9.78 Å². The van der Waals surface area contributed by atoms with Crippen LogP contribution in [0.3, 0.4) is 0 Å². The number of hydrogen-bond acceptors (Lipinski definition) is 8. The summed E-state index contributed by atoms with van der Waals surface area (Å²) in [5.74, 6) is -1.75. The number of ether oxygens (including phenoxy) is 1. The minimum absolute atomic E-state index is 0.0347. The molecular formula is C24H22F3N7O3. The number of rotatable bonds is 9. The molecule has 10 nitrogen and oxygen atoms in total. The molecule has 0 aliphatic carbocycles. The van der Waals surface area contributed by atoms with Gasteiger partial charge in [-0.25, -0.2) is 22.8 Å². The average Bonchev–Trinajstić information content (AvgIpc) is 3.22. The molecule has 0 saturated heterocycles. The molecular weight excluding hydrogens is 491 g/mol. The molecule has 0 saturated carbocycles. The van der Waals surface area contributed by atoms with Crippen LogP contribution in [0.15, 0.2) is 36.4 Å². The van der Waals surface area contributed by atoms with Gasteiger partial charge in [-0.15, -0.1) is 5.10 Å². The van der Waals surface area contributed by atoms with E-state index >= 15 is 0 Å². The van der Waals surface area contributed by atoms with E-state index < -0.39 is 23.9 Å². The minimum Gasteiger partial charge on any atom is -0.480 e. The fraction of sp³-hybridized carbons (Fsp3) is 0.250. The highest BCUT2D eigenvalue weighted by atomic mass is 19.3. The average molecular weight is 513 g/mol.